The number of carbonyl (C=O) groups is 2. The molecular formula is C16H23ClN2O4S. The van der Waals surface area contributed by atoms with Crippen molar-refractivity contribution in [3.63, 3.8) is 0 Å². The molecule has 0 saturated heterocycles. The Hall–Kier alpha value is -1.60. The van der Waals surface area contributed by atoms with Crippen molar-refractivity contribution in [2.24, 2.45) is 0 Å². The summed E-state index contributed by atoms with van der Waals surface area (Å²) in [5, 5.41) is 2.69. The van der Waals surface area contributed by atoms with Gasteiger partial charge in [-0.3, -0.25) is 4.79 Å². The third-order valence-corrected chi connectivity index (χ3v) is 4.93. The number of halogens is 1. The Morgan fingerprint density at radius 1 is 1.12 bits per heavy atom. The van der Waals surface area contributed by atoms with E-state index in [1.165, 1.54) is 18.2 Å². The first-order valence-electron chi connectivity index (χ1n) is 7.95. The number of hydrogen-bond donors (Lipinski definition) is 2. The second-order valence-electron chi connectivity index (χ2n) is 5.38. The van der Waals surface area contributed by atoms with Crippen molar-refractivity contribution < 1.29 is 18.0 Å². The summed E-state index contributed by atoms with van der Waals surface area (Å²) in [7, 11) is -4.15. The van der Waals surface area contributed by atoms with Crippen LogP contribution in [0.4, 0.5) is 4.79 Å². The predicted molar refractivity (Wildman–Crippen MR) is 93.9 cm³/mol. The molecule has 0 aromatic heterocycles. The third-order valence-electron chi connectivity index (χ3n) is 3.30. The lowest BCUT2D eigenvalue weighted by molar-refractivity contribution is 0.0976. The molecule has 134 valence electrons. The summed E-state index contributed by atoms with van der Waals surface area (Å²) in [6.45, 7) is 4.21. The summed E-state index contributed by atoms with van der Waals surface area (Å²) in [5.74, 6) is -0.305. The summed E-state index contributed by atoms with van der Waals surface area (Å²) in [6.07, 6.45) is 3.42. The van der Waals surface area contributed by atoms with Gasteiger partial charge in [0.05, 0.1) is 4.90 Å². The number of benzene rings is 1. The Morgan fingerprint density at radius 3 is 2.46 bits per heavy atom. The molecule has 1 rings (SSSR count). The molecule has 24 heavy (non-hydrogen) atoms. The standard InChI is InChI=1S/C16H23ClN2O4S/c1-3-5-6-7-14(20)13-11-12(17)8-9-15(13)24(22,23)19-16(21)18-10-4-2/h8-9,11H,3-7,10H2,1-2H3,(H2,18,19,21). The minimum Gasteiger partial charge on any atom is -0.337 e. The highest BCUT2D eigenvalue weighted by molar-refractivity contribution is 7.90. The van der Waals surface area contributed by atoms with Crippen LogP contribution in [-0.4, -0.2) is 26.8 Å². The monoisotopic (exact) mass is 374 g/mol. The van der Waals surface area contributed by atoms with Crippen LogP contribution in [0, 0.1) is 0 Å². The largest absolute Gasteiger partial charge is 0.337 e. The van der Waals surface area contributed by atoms with Crippen LogP contribution in [0.1, 0.15) is 56.3 Å². The van der Waals surface area contributed by atoms with Crippen LogP contribution in [0.5, 0.6) is 0 Å². The highest BCUT2D eigenvalue weighted by atomic mass is 35.5. The van der Waals surface area contributed by atoms with Crippen LogP contribution >= 0.6 is 11.6 Å². The van der Waals surface area contributed by atoms with Gasteiger partial charge in [0.15, 0.2) is 5.78 Å². The molecule has 0 heterocycles. The average molecular weight is 375 g/mol. The van der Waals surface area contributed by atoms with Gasteiger partial charge in [-0.05, 0) is 31.0 Å². The maximum atomic E-state index is 12.4. The Labute approximate surface area is 148 Å². The molecule has 0 radical (unpaired) electrons. The van der Waals surface area contributed by atoms with E-state index < -0.39 is 16.1 Å². The van der Waals surface area contributed by atoms with Gasteiger partial charge in [0, 0.05) is 23.6 Å². The van der Waals surface area contributed by atoms with Crippen molar-refractivity contribution in [2.75, 3.05) is 6.54 Å². The number of ketones is 1. The summed E-state index contributed by atoms with van der Waals surface area (Å²) >= 11 is 5.90. The smallest absolute Gasteiger partial charge is 0.328 e. The molecule has 1 aromatic carbocycles. The second kappa shape index (κ2) is 9.64. The quantitative estimate of drug-likeness (QED) is 0.511. The molecule has 0 unspecified atom stereocenters. The number of urea groups is 1. The zero-order valence-electron chi connectivity index (χ0n) is 13.9. The Morgan fingerprint density at radius 2 is 1.83 bits per heavy atom. The fourth-order valence-corrected chi connectivity index (χ4v) is 3.38. The number of amides is 2. The first-order chi connectivity index (χ1) is 11.3. The lowest BCUT2D eigenvalue weighted by atomic mass is 10.0. The minimum absolute atomic E-state index is 0.00870. The van der Waals surface area contributed by atoms with Crippen molar-refractivity contribution in [2.45, 2.75) is 50.8 Å². The van der Waals surface area contributed by atoms with Gasteiger partial charge < -0.3 is 5.32 Å². The molecule has 0 aliphatic heterocycles. The molecule has 0 saturated carbocycles. The topological polar surface area (TPSA) is 92.3 Å². The van der Waals surface area contributed by atoms with Gasteiger partial charge in [-0.1, -0.05) is 38.3 Å². The van der Waals surface area contributed by atoms with Crippen molar-refractivity contribution in [3.05, 3.63) is 28.8 Å². The van der Waals surface area contributed by atoms with E-state index in [1.807, 2.05) is 18.6 Å². The van der Waals surface area contributed by atoms with Crippen LogP contribution < -0.4 is 10.0 Å². The van der Waals surface area contributed by atoms with Gasteiger partial charge in [0.2, 0.25) is 0 Å². The van der Waals surface area contributed by atoms with E-state index in [4.69, 9.17) is 11.6 Å². The third kappa shape index (κ3) is 6.13. The lowest BCUT2D eigenvalue weighted by Crippen LogP contribution is -2.40. The highest BCUT2D eigenvalue weighted by Gasteiger charge is 2.24. The number of Topliss-reactive ketones (excluding diaryl/α,β-unsaturated/α-hetero) is 1. The molecule has 0 aliphatic rings. The number of hydrogen-bond acceptors (Lipinski definition) is 4. The molecule has 2 N–H and O–H groups in total. The van der Waals surface area contributed by atoms with Gasteiger partial charge in [-0.15, -0.1) is 0 Å². The number of unbranched alkanes of at least 4 members (excludes halogenated alkanes) is 2. The fourth-order valence-electron chi connectivity index (χ4n) is 2.08. The van der Waals surface area contributed by atoms with E-state index in [0.717, 1.165) is 12.8 Å². The molecule has 0 fully saturated rings. The zero-order chi connectivity index (χ0) is 18.2. The Bertz CT molecular complexity index is 689. The molecule has 0 atom stereocenters. The Balaban J connectivity index is 3.05. The van der Waals surface area contributed by atoms with Crippen molar-refractivity contribution in [1.82, 2.24) is 10.0 Å². The first kappa shape index (κ1) is 20.4. The van der Waals surface area contributed by atoms with Crippen molar-refractivity contribution in [3.8, 4) is 0 Å². The van der Waals surface area contributed by atoms with E-state index in [1.54, 1.807) is 0 Å². The van der Waals surface area contributed by atoms with Crippen molar-refractivity contribution >= 4 is 33.4 Å². The molecule has 0 spiro atoms. The van der Waals surface area contributed by atoms with Crippen LogP contribution in [0.2, 0.25) is 5.02 Å². The van der Waals surface area contributed by atoms with Gasteiger partial charge in [0.1, 0.15) is 0 Å². The molecule has 8 heteroatoms. The van der Waals surface area contributed by atoms with Gasteiger partial charge in [-0.25, -0.2) is 17.9 Å². The lowest BCUT2D eigenvalue weighted by Gasteiger charge is -2.12. The average Bonchev–Trinajstić information content (AvgIpc) is 2.52. The number of carbonyl (C=O) groups excluding carboxylic acids is 2. The van der Waals surface area contributed by atoms with Crippen LogP contribution in [0.25, 0.3) is 0 Å². The molecule has 0 bridgehead atoms. The van der Waals surface area contributed by atoms with E-state index in [-0.39, 0.29) is 27.7 Å². The van der Waals surface area contributed by atoms with Crippen molar-refractivity contribution in [1.29, 1.82) is 0 Å². The van der Waals surface area contributed by atoms with Gasteiger partial charge >= 0.3 is 6.03 Å². The SMILES string of the molecule is CCCCCC(=O)c1cc(Cl)ccc1S(=O)(=O)NC(=O)NCCC. The highest BCUT2D eigenvalue weighted by Crippen LogP contribution is 2.22. The summed E-state index contributed by atoms with van der Waals surface area (Å²) < 4.78 is 26.7. The maximum absolute atomic E-state index is 12.4. The summed E-state index contributed by atoms with van der Waals surface area (Å²) in [5.41, 5.74) is 0.00870. The summed E-state index contributed by atoms with van der Waals surface area (Å²) in [4.78, 5) is 23.7. The normalized spacial score (nSPS) is 11.1. The second-order valence-corrected chi connectivity index (χ2v) is 7.47. The van der Waals surface area contributed by atoms with Gasteiger partial charge in [-0.2, -0.15) is 0 Å². The number of sulfonamides is 1. The molecular weight excluding hydrogens is 352 g/mol. The van der Waals surface area contributed by atoms with E-state index in [9.17, 15) is 18.0 Å². The minimum atomic E-state index is -4.15. The number of rotatable bonds is 9. The fraction of sp³-hybridized carbons (Fsp3) is 0.500. The van der Waals surface area contributed by atoms with Gasteiger partial charge in [0.25, 0.3) is 10.0 Å². The molecule has 2 amide bonds. The molecule has 6 nitrogen and oxygen atoms in total. The molecule has 1 aromatic rings. The van der Waals surface area contributed by atoms with Crippen LogP contribution in [0.15, 0.2) is 23.1 Å². The van der Waals surface area contributed by atoms with E-state index >= 15 is 0 Å². The zero-order valence-corrected chi connectivity index (χ0v) is 15.5. The predicted octanol–water partition coefficient (Wildman–Crippen LogP) is 3.50. The first-order valence-corrected chi connectivity index (χ1v) is 9.81. The van der Waals surface area contributed by atoms with E-state index in [0.29, 0.717) is 19.4 Å². The molecule has 0 aliphatic carbocycles. The van der Waals surface area contributed by atoms with Crippen LogP contribution in [0.3, 0.4) is 0 Å². The van der Waals surface area contributed by atoms with E-state index in [2.05, 4.69) is 5.32 Å². The summed E-state index contributed by atoms with van der Waals surface area (Å²) in [6, 6.07) is 3.12. The number of nitrogens with one attached hydrogen (secondary N) is 2. The maximum Gasteiger partial charge on any atom is 0.328 e. The van der Waals surface area contributed by atoms with Crippen LogP contribution in [-0.2, 0) is 10.0 Å². The Kier molecular flexibility index (Phi) is 8.21.